The van der Waals surface area contributed by atoms with E-state index in [1.807, 2.05) is 0 Å². The first-order chi connectivity index (χ1) is 8.24. The maximum Gasteiger partial charge on any atom is 0.0107 e. The van der Waals surface area contributed by atoms with Gasteiger partial charge < -0.3 is 10.2 Å². The van der Waals surface area contributed by atoms with Crippen LogP contribution in [-0.4, -0.2) is 37.1 Å². The standard InChI is InChI=1S/C15H32N2/c1-4-9-14(2)17(3)13-12-16-15-10-7-5-6-8-11-15/h14-16H,4-13H2,1-3H3. The molecule has 0 aromatic heterocycles. The van der Waals surface area contributed by atoms with E-state index in [-0.39, 0.29) is 0 Å². The van der Waals surface area contributed by atoms with Gasteiger partial charge in [-0.3, -0.25) is 0 Å². The van der Waals surface area contributed by atoms with Gasteiger partial charge in [0.05, 0.1) is 0 Å². The summed E-state index contributed by atoms with van der Waals surface area (Å²) in [5.74, 6) is 0. The fraction of sp³-hybridized carbons (Fsp3) is 1.00. The molecule has 17 heavy (non-hydrogen) atoms. The Bertz CT molecular complexity index is 174. The lowest BCUT2D eigenvalue weighted by atomic mass is 10.1. The summed E-state index contributed by atoms with van der Waals surface area (Å²) in [4.78, 5) is 2.49. The van der Waals surface area contributed by atoms with Gasteiger partial charge in [-0.2, -0.15) is 0 Å². The van der Waals surface area contributed by atoms with Gasteiger partial charge in [0.1, 0.15) is 0 Å². The largest absolute Gasteiger partial charge is 0.313 e. The molecule has 0 aromatic carbocycles. The molecule has 1 rings (SSSR count). The minimum Gasteiger partial charge on any atom is -0.313 e. The quantitative estimate of drug-likeness (QED) is 0.686. The van der Waals surface area contributed by atoms with E-state index in [1.54, 1.807) is 0 Å². The van der Waals surface area contributed by atoms with Crippen LogP contribution in [0.1, 0.15) is 65.2 Å². The summed E-state index contributed by atoms with van der Waals surface area (Å²) in [6.45, 7) is 6.97. The lowest BCUT2D eigenvalue weighted by molar-refractivity contribution is 0.240. The third-order valence-corrected chi connectivity index (χ3v) is 4.21. The monoisotopic (exact) mass is 240 g/mol. The van der Waals surface area contributed by atoms with Gasteiger partial charge in [0, 0.05) is 25.2 Å². The SMILES string of the molecule is CCCC(C)N(C)CCNC1CCCCCC1. The predicted octanol–water partition coefficient (Wildman–Crippen LogP) is 3.42. The molecule has 1 aliphatic rings. The number of likely N-dealkylation sites (N-methyl/N-ethyl adjacent to an activating group) is 1. The Morgan fingerprint density at radius 1 is 1.18 bits per heavy atom. The van der Waals surface area contributed by atoms with Crippen LogP contribution in [0, 0.1) is 0 Å². The lowest BCUT2D eigenvalue weighted by Crippen LogP contribution is -2.38. The Kier molecular flexibility index (Phi) is 7.87. The first kappa shape index (κ1) is 15.0. The molecule has 0 amide bonds. The van der Waals surface area contributed by atoms with Gasteiger partial charge in [-0.1, -0.05) is 39.0 Å². The van der Waals surface area contributed by atoms with E-state index in [9.17, 15) is 0 Å². The first-order valence-electron chi connectivity index (χ1n) is 7.67. The molecule has 102 valence electrons. The van der Waals surface area contributed by atoms with Crippen molar-refractivity contribution in [3.05, 3.63) is 0 Å². The van der Waals surface area contributed by atoms with Gasteiger partial charge in [0.25, 0.3) is 0 Å². The fourth-order valence-corrected chi connectivity index (χ4v) is 2.79. The van der Waals surface area contributed by atoms with Crippen LogP contribution in [0.3, 0.4) is 0 Å². The summed E-state index contributed by atoms with van der Waals surface area (Å²) in [6.07, 6.45) is 11.2. The first-order valence-corrected chi connectivity index (χ1v) is 7.67. The maximum absolute atomic E-state index is 3.75. The summed E-state index contributed by atoms with van der Waals surface area (Å²) in [5, 5.41) is 3.75. The minimum atomic E-state index is 0.732. The van der Waals surface area contributed by atoms with E-state index in [0.29, 0.717) is 0 Å². The van der Waals surface area contributed by atoms with Crippen molar-refractivity contribution in [3.63, 3.8) is 0 Å². The van der Waals surface area contributed by atoms with Crippen molar-refractivity contribution in [3.8, 4) is 0 Å². The summed E-state index contributed by atoms with van der Waals surface area (Å²) in [6, 6.07) is 1.53. The normalized spacial score (nSPS) is 20.5. The molecular formula is C15H32N2. The van der Waals surface area contributed by atoms with Crippen molar-refractivity contribution in [2.45, 2.75) is 77.3 Å². The van der Waals surface area contributed by atoms with Crippen LogP contribution in [0.15, 0.2) is 0 Å². The highest BCUT2D eigenvalue weighted by Crippen LogP contribution is 2.16. The molecule has 0 bridgehead atoms. The molecule has 0 aromatic rings. The third-order valence-electron chi connectivity index (χ3n) is 4.21. The van der Waals surface area contributed by atoms with Crippen LogP contribution < -0.4 is 5.32 Å². The van der Waals surface area contributed by atoms with Crippen LogP contribution in [0.2, 0.25) is 0 Å². The Morgan fingerprint density at radius 3 is 2.41 bits per heavy atom. The van der Waals surface area contributed by atoms with Crippen molar-refractivity contribution < 1.29 is 0 Å². The molecule has 1 atom stereocenters. The Hall–Kier alpha value is -0.0800. The molecule has 2 nitrogen and oxygen atoms in total. The van der Waals surface area contributed by atoms with Crippen LogP contribution in [0.25, 0.3) is 0 Å². The molecule has 0 spiro atoms. The van der Waals surface area contributed by atoms with Gasteiger partial charge in [-0.25, -0.2) is 0 Å². The average molecular weight is 240 g/mol. The van der Waals surface area contributed by atoms with Crippen LogP contribution in [0.5, 0.6) is 0 Å². The van der Waals surface area contributed by atoms with E-state index in [2.05, 4.69) is 31.1 Å². The van der Waals surface area contributed by atoms with Crippen molar-refractivity contribution in [2.75, 3.05) is 20.1 Å². The van der Waals surface area contributed by atoms with Crippen LogP contribution in [-0.2, 0) is 0 Å². The predicted molar refractivity (Wildman–Crippen MR) is 76.5 cm³/mol. The van der Waals surface area contributed by atoms with E-state index >= 15 is 0 Å². The highest BCUT2D eigenvalue weighted by atomic mass is 15.1. The maximum atomic E-state index is 3.75. The van der Waals surface area contributed by atoms with Gasteiger partial charge in [-0.05, 0) is 33.2 Å². The summed E-state index contributed by atoms with van der Waals surface area (Å²) >= 11 is 0. The highest BCUT2D eigenvalue weighted by molar-refractivity contribution is 4.72. The summed E-state index contributed by atoms with van der Waals surface area (Å²) < 4.78 is 0. The molecule has 0 radical (unpaired) electrons. The lowest BCUT2D eigenvalue weighted by Gasteiger charge is -2.25. The zero-order chi connectivity index (χ0) is 12.5. The highest BCUT2D eigenvalue weighted by Gasteiger charge is 2.12. The van der Waals surface area contributed by atoms with E-state index < -0.39 is 0 Å². The van der Waals surface area contributed by atoms with Gasteiger partial charge in [0.2, 0.25) is 0 Å². The van der Waals surface area contributed by atoms with Crippen molar-refractivity contribution >= 4 is 0 Å². The smallest absolute Gasteiger partial charge is 0.0107 e. The molecule has 2 heteroatoms. The Labute approximate surface area is 108 Å². The second kappa shape index (κ2) is 8.93. The number of nitrogens with one attached hydrogen (secondary N) is 1. The zero-order valence-corrected chi connectivity index (χ0v) is 12.2. The molecule has 1 saturated carbocycles. The van der Waals surface area contributed by atoms with Crippen molar-refractivity contribution in [2.24, 2.45) is 0 Å². The molecule has 1 fully saturated rings. The molecule has 1 unspecified atom stereocenters. The molecular weight excluding hydrogens is 208 g/mol. The van der Waals surface area contributed by atoms with Crippen LogP contribution in [0.4, 0.5) is 0 Å². The average Bonchev–Trinajstić information content (AvgIpc) is 2.58. The van der Waals surface area contributed by atoms with E-state index in [1.165, 1.54) is 57.9 Å². The minimum absolute atomic E-state index is 0.732. The topological polar surface area (TPSA) is 15.3 Å². The molecule has 1 aliphatic carbocycles. The number of hydrogen-bond donors (Lipinski definition) is 1. The molecule has 0 heterocycles. The third kappa shape index (κ3) is 6.42. The number of nitrogens with zero attached hydrogens (tertiary/aromatic N) is 1. The van der Waals surface area contributed by atoms with E-state index in [4.69, 9.17) is 0 Å². The number of hydrogen-bond acceptors (Lipinski definition) is 2. The van der Waals surface area contributed by atoms with Crippen molar-refractivity contribution in [1.82, 2.24) is 10.2 Å². The fourth-order valence-electron chi connectivity index (χ4n) is 2.79. The zero-order valence-electron chi connectivity index (χ0n) is 12.2. The Morgan fingerprint density at radius 2 is 1.82 bits per heavy atom. The van der Waals surface area contributed by atoms with Gasteiger partial charge >= 0.3 is 0 Å². The second-order valence-corrected chi connectivity index (χ2v) is 5.76. The van der Waals surface area contributed by atoms with Gasteiger partial charge in [-0.15, -0.1) is 0 Å². The van der Waals surface area contributed by atoms with Gasteiger partial charge in [0.15, 0.2) is 0 Å². The summed E-state index contributed by atoms with van der Waals surface area (Å²) in [5.41, 5.74) is 0. The second-order valence-electron chi connectivity index (χ2n) is 5.76. The number of rotatable bonds is 7. The molecule has 1 N–H and O–H groups in total. The van der Waals surface area contributed by atoms with Crippen LogP contribution >= 0.6 is 0 Å². The molecule has 0 saturated heterocycles. The Balaban J connectivity index is 2.09. The van der Waals surface area contributed by atoms with Crippen molar-refractivity contribution in [1.29, 1.82) is 0 Å². The summed E-state index contributed by atoms with van der Waals surface area (Å²) in [7, 11) is 2.26. The molecule has 0 aliphatic heterocycles. The van der Waals surface area contributed by atoms with E-state index in [0.717, 1.165) is 18.6 Å².